The molecule has 0 aliphatic rings. The maximum absolute atomic E-state index is 8.48. The number of rotatable bonds is 4. The van der Waals surface area contributed by atoms with E-state index in [2.05, 4.69) is 10.1 Å². The second-order valence-electron chi connectivity index (χ2n) is 2.14. The van der Waals surface area contributed by atoms with Crippen LogP contribution in [0.4, 0.5) is 0 Å². The highest BCUT2D eigenvalue weighted by molar-refractivity contribution is 4.85. The zero-order chi connectivity index (χ0) is 8.10. The number of aryl methyl sites for hydroxylation is 1. The van der Waals surface area contributed by atoms with Crippen LogP contribution in [0.2, 0.25) is 0 Å². The molecule has 0 aromatic carbocycles. The number of aliphatic hydroxyl groups is 1. The molecule has 1 aromatic heterocycles. The van der Waals surface area contributed by atoms with Crippen LogP contribution in [0, 0.1) is 0 Å². The molecule has 0 radical (unpaired) electrons. The third-order valence-corrected chi connectivity index (χ3v) is 1.24. The third-order valence-electron chi connectivity index (χ3n) is 1.24. The molecule has 0 atom stereocenters. The van der Waals surface area contributed by atoms with Crippen molar-refractivity contribution < 1.29 is 9.63 Å². The van der Waals surface area contributed by atoms with Crippen molar-refractivity contribution in [2.45, 2.75) is 19.4 Å². The van der Waals surface area contributed by atoms with E-state index < -0.39 is 0 Å². The summed E-state index contributed by atoms with van der Waals surface area (Å²) in [6.45, 7) is 0.415. The van der Waals surface area contributed by atoms with Crippen molar-refractivity contribution in [2.75, 3.05) is 6.61 Å². The average molecular weight is 157 g/mol. The van der Waals surface area contributed by atoms with Crippen LogP contribution in [0.25, 0.3) is 0 Å². The molecule has 62 valence electrons. The van der Waals surface area contributed by atoms with E-state index in [0.29, 0.717) is 24.6 Å². The molecule has 0 fully saturated rings. The number of nitrogens with two attached hydrogens (primary N) is 1. The van der Waals surface area contributed by atoms with Crippen LogP contribution in [-0.2, 0) is 13.0 Å². The van der Waals surface area contributed by atoms with E-state index in [1.54, 1.807) is 0 Å². The first-order valence-electron chi connectivity index (χ1n) is 3.49. The molecule has 3 N–H and O–H groups in total. The maximum Gasteiger partial charge on any atom is 0.240 e. The molecule has 1 rings (SSSR count). The largest absolute Gasteiger partial charge is 0.396 e. The lowest BCUT2D eigenvalue weighted by atomic mass is 10.3. The van der Waals surface area contributed by atoms with Gasteiger partial charge in [0.1, 0.15) is 0 Å². The van der Waals surface area contributed by atoms with Crippen molar-refractivity contribution in [1.82, 2.24) is 10.1 Å². The van der Waals surface area contributed by atoms with Crippen LogP contribution < -0.4 is 5.73 Å². The molecular formula is C6H11N3O2. The van der Waals surface area contributed by atoms with E-state index >= 15 is 0 Å². The average Bonchev–Trinajstić information content (AvgIpc) is 2.48. The summed E-state index contributed by atoms with van der Waals surface area (Å²) >= 11 is 0. The molecule has 0 saturated heterocycles. The monoisotopic (exact) mass is 157 g/mol. The molecule has 5 heteroatoms. The van der Waals surface area contributed by atoms with Gasteiger partial charge in [-0.25, -0.2) is 0 Å². The molecule has 0 spiro atoms. The van der Waals surface area contributed by atoms with Crippen LogP contribution in [-0.4, -0.2) is 21.9 Å². The van der Waals surface area contributed by atoms with Gasteiger partial charge < -0.3 is 15.4 Å². The van der Waals surface area contributed by atoms with Gasteiger partial charge in [-0.1, -0.05) is 5.16 Å². The Balaban J connectivity index is 2.44. The summed E-state index contributed by atoms with van der Waals surface area (Å²) in [5.41, 5.74) is 5.25. The van der Waals surface area contributed by atoms with Crippen molar-refractivity contribution in [2.24, 2.45) is 5.73 Å². The van der Waals surface area contributed by atoms with Gasteiger partial charge in [0, 0.05) is 13.0 Å². The van der Waals surface area contributed by atoms with Gasteiger partial charge in [-0.15, -0.1) is 0 Å². The predicted molar refractivity (Wildman–Crippen MR) is 37.6 cm³/mol. The normalized spacial score (nSPS) is 10.4. The quantitative estimate of drug-likeness (QED) is 0.612. The minimum absolute atomic E-state index is 0.145. The zero-order valence-corrected chi connectivity index (χ0v) is 6.16. The fourth-order valence-electron chi connectivity index (χ4n) is 0.712. The lowest BCUT2D eigenvalue weighted by Crippen LogP contribution is -1.97. The summed E-state index contributed by atoms with van der Waals surface area (Å²) in [7, 11) is 0. The Morgan fingerprint density at radius 3 is 2.91 bits per heavy atom. The van der Waals surface area contributed by atoms with Crippen molar-refractivity contribution in [3.63, 3.8) is 0 Å². The molecule has 1 heterocycles. The summed E-state index contributed by atoms with van der Waals surface area (Å²) in [6, 6.07) is 0. The summed E-state index contributed by atoms with van der Waals surface area (Å²) in [4.78, 5) is 3.95. The van der Waals surface area contributed by atoms with Crippen LogP contribution >= 0.6 is 0 Å². The smallest absolute Gasteiger partial charge is 0.240 e. The predicted octanol–water partition coefficient (Wildman–Crippen LogP) is -0.547. The molecule has 0 saturated carbocycles. The highest BCUT2D eigenvalue weighted by Crippen LogP contribution is 1.98. The van der Waals surface area contributed by atoms with Crippen LogP contribution in [0.3, 0.4) is 0 Å². The number of hydrogen-bond donors (Lipinski definition) is 2. The molecule has 0 unspecified atom stereocenters. The molecule has 5 nitrogen and oxygen atoms in total. The third kappa shape index (κ3) is 2.28. The Hall–Kier alpha value is -0.940. The highest BCUT2D eigenvalue weighted by Gasteiger charge is 2.02. The summed E-state index contributed by atoms with van der Waals surface area (Å²) in [5.74, 6) is 1.05. The molecule has 1 aromatic rings. The first-order valence-corrected chi connectivity index (χ1v) is 3.49. The van der Waals surface area contributed by atoms with Gasteiger partial charge in [-0.2, -0.15) is 4.98 Å². The number of nitrogens with zero attached hydrogens (tertiary/aromatic N) is 2. The van der Waals surface area contributed by atoms with E-state index in [-0.39, 0.29) is 13.2 Å². The maximum atomic E-state index is 8.48. The minimum atomic E-state index is 0.145. The Labute approximate surface area is 64.2 Å². The Morgan fingerprint density at radius 1 is 1.55 bits per heavy atom. The van der Waals surface area contributed by atoms with Crippen LogP contribution in [0.5, 0.6) is 0 Å². The molecular weight excluding hydrogens is 146 g/mol. The standard InChI is InChI=1S/C6H11N3O2/c7-4-6-8-5(9-11-6)2-1-3-10/h10H,1-4,7H2. The lowest BCUT2D eigenvalue weighted by molar-refractivity contribution is 0.286. The molecule has 0 aliphatic carbocycles. The zero-order valence-electron chi connectivity index (χ0n) is 6.16. The second-order valence-corrected chi connectivity index (χ2v) is 2.14. The van der Waals surface area contributed by atoms with Gasteiger partial charge in [0.05, 0.1) is 6.54 Å². The Kier molecular flexibility index (Phi) is 3.00. The number of aromatic nitrogens is 2. The molecule has 0 bridgehead atoms. The van der Waals surface area contributed by atoms with Gasteiger partial charge in [-0.05, 0) is 6.42 Å². The van der Waals surface area contributed by atoms with Gasteiger partial charge in [0.15, 0.2) is 5.82 Å². The molecule has 0 amide bonds. The van der Waals surface area contributed by atoms with E-state index in [9.17, 15) is 0 Å². The first-order chi connectivity index (χ1) is 5.36. The van der Waals surface area contributed by atoms with E-state index in [4.69, 9.17) is 15.4 Å². The van der Waals surface area contributed by atoms with Crippen molar-refractivity contribution >= 4 is 0 Å². The minimum Gasteiger partial charge on any atom is -0.396 e. The lowest BCUT2D eigenvalue weighted by Gasteiger charge is -1.87. The van der Waals surface area contributed by atoms with E-state index in [1.165, 1.54) is 0 Å². The fraction of sp³-hybridized carbons (Fsp3) is 0.667. The Morgan fingerprint density at radius 2 is 2.36 bits per heavy atom. The van der Waals surface area contributed by atoms with Crippen molar-refractivity contribution in [3.8, 4) is 0 Å². The number of aliphatic hydroxyl groups excluding tert-OH is 1. The van der Waals surface area contributed by atoms with Gasteiger partial charge in [0.2, 0.25) is 5.89 Å². The van der Waals surface area contributed by atoms with Crippen LogP contribution in [0.1, 0.15) is 18.1 Å². The summed E-state index contributed by atoms with van der Waals surface area (Å²) in [6.07, 6.45) is 1.30. The van der Waals surface area contributed by atoms with Gasteiger partial charge in [0.25, 0.3) is 0 Å². The molecule has 11 heavy (non-hydrogen) atoms. The van der Waals surface area contributed by atoms with Gasteiger partial charge >= 0.3 is 0 Å². The van der Waals surface area contributed by atoms with Gasteiger partial charge in [-0.3, -0.25) is 0 Å². The Bertz CT molecular complexity index is 211. The topological polar surface area (TPSA) is 85.2 Å². The van der Waals surface area contributed by atoms with E-state index in [1.807, 2.05) is 0 Å². The highest BCUT2D eigenvalue weighted by atomic mass is 16.5. The fourth-order valence-corrected chi connectivity index (χ4v) is 0.712. The first kappa shape index (κ1) is 8.16. The number of hydrogen-bond acceptors (Lipinski definition) is 5. The summed E-state index contributed by atoms with van der Waals surface area (Å²) in [5, 5.41) is 12.1. The molecule has 0 aliphatic heterocycles. The SMILES string of the molecule is NCc1nc(CCCO)no1. The van der Waals surface area contributed by atoms with Crippen molar-refractivity contribution in [3.05, 3.63) is 11.7 Å². The van der Waals surface area contributed by atoms with Crippen LogP contribution in [0.15, 0.2) is 4.52 Å². The van der Waals surface area contributed by atoms with Crippen molar-refractivity contribution in [1.29, 1.82) is 0 Å². The second kappa shape index (κ2) is 4.05. The summed E-state index contributed by atoms with van der Waals surface area (Å²) < 4.78 is 4.74. The van der Waals surface area contributed by atoms with E-state index in [0.717, 1.165) is 0 Å².